The molecule has 4 aromatic rings. The van der Waals surface area contributed by atoms with Crippen molar-refractivity contribution in [2.75, 3.05) is 36.4 Å². The Bertz CT molecular complexity index is 1830. The lowest BCUT2D eigenvalue weighted by atomic mass is 9.88. The smallest absolute Gasteiger partial charge is 0.271 e. The molecule has 2 unspecified atom stereocenters. The zero-order valence-corrected chi connectivity index (χ0v) is 28.0. The number of carbonyl (C=O) groups is 3. The molecule has 4 N–H and O–H groups in total. The molecule has 3 aliphatic rings. The van der Waals surface area contributed by atoms with Crippen molar-refractivity contribution in [1.29, 1.82) is 0 Å². The van der Waals surface area contributed by atoms with Crippen molar-refractivity contribution >= 4 is 46.5 Å². The second-order valence-electron chi connectivity index (χ2n) is 13.6. The molecule has 49 heavy (non-hydrogen) atoms. The molecular formula is C37H44N8O4. The number of nitrogens with one attached hydrogen (secondary N) is 2. The summed E-state index contributed by atoms with van der Waals surface area (Å²) in [7, 11) is 0. The molecule has 2 atom stereocenters. The number of aromatic nitrogens is 3. The maximum atomic E-state index is 12.6. The Morgan fingerprint density at radius 3 is 2.53 bits per heavy atom. The second-order valence-corrected chi connectivity index (χ2v) is 13.6. The summed E-state index contributed by atoms with van der Waals surface area (Å²) in [5.41, 5.74) is 11.8. The summed E-state index contributed by atoms with van der Waals surface area (Å²) < 4.78 is 5.88. The third-order valence-corrected chi connectivity index (χ3v) is 10.6. The lowest BCUT2D eigenvalue weighted by Gasteiger charge is -2.36. The first kappa shape index (κ1) is 32.7. The van der Waals surface area contributed by atoms with Crippen LogP contribution in [0.15, 0.2) is 47.1 Å². The zero-order chi connectivity index (χ0) is 33.9. The number of amides is 3. The monoisotopic (exact) mass is 664 g/mol. The molecule has 2 aromatic heterocycles. The van der Waals surface area contributed by atoms with Gasteiger partial charge >= 0.3 is 0 Å². The summed E-state index contributed by atoms with van der Waals surface area (Å²) in [5.74, 6) is 0.142. The average molecular weight is 665 g/mol. The Hall–Kier alpha value is -4.84. The number of piperidine rings is 2. The van der Waals surface area contributed by atoms with Gasteiger partial charge in [0.15, 0.2) is 17.1 Å². The van der Waals surface area contributed by atoms with Crippen molar-refractivity contribution in [3.63, 3.8) is 0 Å². The van der Waals surface area contributed by atoms with Gasteiger partial charge in [0.2, 0.25) is 12.3 Å². The van der Waals surface area contributed by atoms with Gasteiger partial charge in [0.25, 0.3) is 5.91 Å². The number of carbonyl (C=O) groups excluding carboxylic acids is 3. The van der Waals surface area contributed by atoms with Gasteiger partial charge in [0, 0.05) is 35.8 Å². The molecule has 12 heteroatoms. The number of hydrogen-bond acceptors (Lipinski definition) is 10. The number of imide groups is 1. The molecule has 1 aliphatic carbocycles. The highest BCUT2D eigenvalue weighted by Crippen LogP contribution is 2.38. The van der Waals surface area contributed by atoms with Crippen LogP contribution in [0.25, 0.3) is 11.0 Å². The molecule has 0 bridgehead atoms. The Labute approximate surface area is 285 Å². The van der Waals surface area contributed by atoms with E-state index in [1.54, 1.807) is 6.20 Å². The van der Waals surface area contributed by atoms with Crippen molar-refractivity contribution in [3.05, 3.63) is 70.7 Å². The van der Waals surface area contributed by atoms with Crippen LogP contribution in [-0.2, 0) is 22.4 Å². The number of rotatable bonds is 11. The van der Waals surface area contributed by atoms with Gasteiger partial charge < -0.3 is 20.5 Å². The first-order valence-electron chi connectivity index (χ1n) is 17.6. The molecule has 0 saturated carbocycles. The minimum absolute atomic E-state index is 0.137. The van der Waals surface area contributed by atoms with E-state index in [9.17, 15) is 14.4 Å². The van der Waals surface area contributed by atoms with E-state index in [0.29, 0.717) is 36.3 Å². The molecule has 2 aliphatic heterocycles. The quantitative estimate of drug-likeness (QED) is 0.187. The van der Waals surface area contributed by atoms with Crippen LogP contribution < -0.4 is 21.3 Å². The minimum Gasteiger partial charge on any atom is -0.364 e. The van der Waals surface area contributed by atoms with E-state index >= 15 is 0 Å². The fourth-order valence-electron chi connectivity index (χ4n) is 7.94. The second kappa shape index (κ2) is 14.3. The van der Waals surface area contributed by atoms with Crippen molar-refractivity contribution in [3.8, 4) is 0 Å². The van der Waals surface area contributed by atoms with Gasteiger partial charge in [0.05, 0.1) is 12.1 Å². The van der Waals surface area contributed by atoms with Crippen LogP contribution in [0.2, 0.25) is 0 Å². The van der Waals surface area contributed by atoms with E-state index in [-0.39, 0.29) is 11.6 Å². The maximum absolute atomic E-state index is 12.6. The number of nitrogens with zero attached hydrogens (tertiary/aromatic N) is 5. The normalized spacial score (nSPS) is 19.0. The summed E-state index contributed by atoms with van der Waals surface area (Å²) in [5, 5.41) is 10.8. The van der Waals surface area contributed by atoms with E-state index in [1.165, 1.54) is 23.1 Å². The molecule has 0 spiro atoms. The number of primary amides is 1. The maximum Gasteiger partial charge on any atom is 0.271 e. The predicted molar refractivity (Wildman–Crippen MR) is 187 cm³/mol. The lowest BCUT2D eigenvalue weighted by Crippen LogP contribution is -2.41. The van der Waals surface area contributed by atoms with Gasteiger partial charge in [-0.05, 0) is 99.7 Å². The van der Waals surface area contributed by atoms with Crippen molar-refractivity contribution in [2.45, 2.75) is 82.6 Å². The number of fused-ring (bicyclic) bond motifs is 3. The van der Waals surface area contributed by atoms with Crippen LogP contribution in [0.5, 0.6) is 0 Å². The summed E-state index contributed by atoms with van der Waals surface area (Å²) in [6.45, 7) is 5.90. The SMILES string of the molecule is CCCC(C(=O)NC=O)c1noc2c3c(ccc12)CC(N1CCC(c2ccc(Nc4nc(N5CCCCC5)cnc4C(N)=O)cc2)CC1)C3. The topological polar surface area (TPSA) is 160 Å². The van der Waals surface area contributed by atoms with Gasteiger partial charge in [-0.25, -0.2) is 9.97 Å². The van der Waals surface area contributed by atoms with E-state index in [1.807, 2.05) is 25.1 Å². The van der Waals surface area contributed by atoms with Crippen LogP contribution in [0.3, 0.4) is 0 Å². The third-order valence-electron chi connectivity index (χ3n) is 10.6. The Morgan fingerprint density at radius 1 is 1.04 bits per heavy atom. The molecule has 12 nitrogen and oxygen atoms in total. The minimum atomic E-state index is -0.607. The predicted octanol–water partition coefficient (Wildman–Crippen LogP) is 4.95. The molecule has 3 amide bonds. The number of likely N-dealkylation sites (tertiary alicyclic amines) is 1. The molecule has 2 fully saturated rings. The molecule has 256 valence electrons. The lowest BCUT2D eigenvalue weighted by molar-refractivity contribution is -0.126. The molecule has 2 aromatic carbocycles. The van der Waals surface area contributed by atoms with Gasteiger partial charge in [-0.15, -0.1) is 0 Å². The summed E-state index contributed by atoms with van der Waals surface area (Å²) in [4.78, 5) is 49.6. The summed E-state index contributed by atoms with van der Waals surface area (Å²) in [6, 6.07) is 13.0. The first-order chi connectivity index (χ1) is 23.9. The van der Waals surface area contributed by atoms with Crippen LogP contribution in [-0.4, -0.2) is 70.5 Å². The van der Waals surface area contributed by atoms with E-state index in [0.717, 1.165) is 93.6 Å². The largest absolute Gasteiger partial charge is 0.364 e. The van der Waals surface area contributed by atoms with Crippen molar-refractivity contribution < 1.29 is 18.9 Å². The highest BCUT2D eigenvalue weighted by Gasteiger charge is 2.34. The zero-order valence-electron chi connectivity index (χ0n) is 28.0. The number of anilines is 3. The number of hydrogen-bond donors (Lipinski definition) is 3. The Morgan fingerprint density at radius 2 is 1.82 bits per heavy atom. The van der Waals surface area contributed by atoms with Gasteiger partial charge in [-0.2, -0.15) is 0 Å². The molecule has 4 heterocycles. The first-order valence-corrected chi connectivity index (χ1v) is 17.6. The van der Waals surface area contributed by atoms with Gasteiger partial charge in [-0.3, -0.25) is 24.6 Å². The Kier molecular flexibility index (Phi) is 9.56. The van der Waals surface area contributed by atoms with Crippen LogP contribution >= 0.6 is 0 Å². The summed E-state index contributed by atoms with van der Waals surface area (Å²) in [6.07, 6.45) is 10.9. The number of nitrogens with two attached hydrogens (primary N) is 1. The fourth-order valence-corrected chi connectivity index (χ4v) is 7.94. The highest BCUT2D eigenvalue weighted by molar-refractivity contribution is 5.96. The highest BCUT2D eigenvalue weighted by atomic mass is 16.5. The average Bonchev–Trinajstić information content (AvgIpc) is 3.76. The van der Waals surface area contributed by atoms with Crippen molar-refractivity contribution in [1.82, 2.24) is 25.3 Å². The molecule has 2 saturated heterocycles. The fraction of sp³-hybridized carbons (Fsp3) is 0.459. The van der Waals surface area contributed by atoms with Crippen LogP contribution in [0.1, 0.15) is 96.6 Å². The van der Waals surface area contributed by atoms with Gasteiger partial charge in [-0.1, -0.05) is 36.7 Å². The Balaban J connectivity index is 0.981. The van der Waals surface area contributed by atoms with Crippen LogP contribution in [0.4, 0.5) is 17.3 Å². The van der Waals surface area contributed by atoms with Crippen LogP contribution in [0, 0.1) is 0 Å². The molecular weight excluding hydrogens is 620 g/mol. The number of benzene rings is 2. The van der Waals surface area contributed by atoms with E-state index in [2.05, 4.69) is 48.8 Å². The summed E-state index contributed by atoms with van der Waals surface area (Å²) >= 11 is 0. The van der Waals surface area contributed by atoms with Crippen molar-refractivity contribution in [2.24, 2.45) is 5.73 Å². The van der Waals surface area contributed by atoms with Gasteiger partial charge in [0.1, 0.15) is 11.5 Å². The van der Waals surface area contributed by atoms with E-state index < -0.39 is 11.8 Å². The third kappa shape index (κ3) is 6.74. The van der Waals surface area contributed by atoms with E-state index in [4.69, 9.17) is 15.2 Å². The standard InChI is InChI=1S/C37H44N8O4/c1-2-6-29(37(48)40-22-46)32-28-12-9-25-19-27(20-30(25)34(28)49-43-32)44-17-13-24(14-18-44)23-7-10-26(11-8-23)41-36-33(35(38)47)39-21-31(42-36)45-15-4-3-5-16-45/h7-12,21-22,24,27,29H,2-6,13-20H2,1H3,(H2,38,47)(H,41,42)(H,40,46,48). The molecule has 0 radical (unpaired) electrons. The molecule has 7 rings (SSSR count).